The Kier molecular flexibility index (Phi) is 8.13. The van der Waals surface area contributed by atoms with Crippen molar-refractivity contribution in [1.29, 1.82) is 0 Å². The molecule has 0 aromatic heterocycles. The third-order valence-corrected chi connectivity index (χ3v) is 2.41. The SMILES string of the molecule is CCCCN(C)C(=O)NCC(CC(=O)O)OC. The highest BCUT2D eigenvalue weighted by molar-refractivity contribution is 5.74. The second-order valence-corrected chi connectivity index (χ2v) is 3.92. The number of nitrogens with one attached hydrogen (secondary N) is 1. The highest BCUT2D eigenvalue weighted by Gasteiger charge is 2.14. The molecule has 17 heavy (non-hydrogen) atoms. The van der Waals surface area contributed by atoms with Crippen molar-refractivity contribution in [2.75, 3.05) is 27.2 Å². The molecule has 1 atom stereocenters. The van der Waals surface area contributed by atoms with Crippen molar-refractivity contribution < 1.29 is 19.4 Å². The van der Waals surface area contributed by atoms with Crippen molar-refractivity contribution in [3.05, 3.63) is 0 Å². The van der Waals surface area contributed by atoms with Crippen LogP contribution in [0.15, 0.2) is 0 Å². The van der Waals surface area contributed by atoms with Gasteiger partial charge in [0.05, 0.1) is 12.5 Å². The van der Waals surface area contributed by atoms with Gasteiger partial charge >= 0.3 is 12.0 Å². The summed E-state index contributed by atoms with van der Waals surface area (Å²) in [6.07, 6.45) is 1.37. The minimum Gasteiger partial charge on any atom is -0.481 e. The Morgan fingerprint density at radius 2 is 2.12 bits per heavy atom. The first-order valence-corrected chi connectivity index (χ1v) is 5.74. The van der Waals surface area contributed by atoms with Crippen molar-refractivity contribution in [2.45, 2.75) is 32.3 Å². The first-order chi connectivity index (χ1) is 8.01. The van der Waals surface area contributed by atoms with Crippen LogP contribution in [0.1, 0.15) is 26.2 Å². The number of carboxylic acid groups (broad SMARTS) is 1. The van der Waals surface area contributed by atoms with E-state index in [1.807, 2.05) is 0 Å². The summed E-state index contributed by atoms with van der Waals surface area (Å²) in [4.78, 5) is 23.6. The summed E-state index contributed by atoms with van der Waals surface area (Å²) < 4.78 is 4.96. The van der Waals surface area contributed by atoms with Crippen LogP contribution in [-0.4, -0.2) is 55.4 Å². The van der Waals surface area contributed by atoms with Crippen molar-refractivity contribution in [3.63, 3.8) is 0 Å². The first-order valence-electron chi connectivity index (χ1n) is 5.74. The lowest BCUT2D eigenvalue weighted by Gasteiger charge is -2.20. The van der Waals surface area contributed by atoms with Crippen LogP contribution in [0.2, 0.25) is 0 Å². The number of hydrogen-bond acceptors (Lipinski definition) is 3. The van der Waals surface area contributed by atoms with Gasteiger partial charge in [-0.1, -0.05) is 13.3 Å². The van der Waals surface area contributed by atoms with E-state index >= 15 is 0 Å². The Morgan fingerprint density at radius 1 is 1.47 bits per heavy atom. The van der Waals surface area contributed by atoms with Gasteiger partial charge in [0.2, 0.25) is 0 Å². The lowest BCUT2D eigenvalue weighted by Crippen LogP contribution is -2.42. The lowest BCUT2D eigenvalue weighted by molar-refractivity contribution is -0.139. The molecule has 1 unspecified atom stereocenters. The summed E-state index contributed by atoms with van der Waals surface area (Å²) >= 11 is 0. The number of nitrogens with zero attached hydrogens (tertiary/aromatic N) is 1. The minimum absolute atomic E-state index is 0.116. The molecule has 0 bridgehead atoms. The van der Waals surface area contributed by atoms with Crippen LogP contribution in [0.3, 0.4) is 0 Å². The van der Waals surface area contributed by atoms with Gasteiger partial charge in [-0.05, 0) is 6.42 Å². The normalized spacial score (nSPS) is 11.9. The summed E-state index contributed by atoms with van der Waals surface area (Å²) in [5.41, 5.74) is 0. The molecule has 6 nitrogen and oxygen atoms in total. The van der Waals surface area contributed by atoms with Gasteiger partial charge < -0.3 is 20.1 Å². The number of hydrogen-bond donors (Lipinski definition) is 2. The molecule has 0 aliphatic heterocycles. The van der Waals surface area contributed by atoms with Crippen molar-refractivity contribution in [2.24, 2.45) is 0 Å². The number of carbonyl (C=O) groups excluding carboxylic acids is 1. The topological polar surface area (TPSA) is 78.9 Å². The fourth-order valence-electron chi connectivity index (χ4n) is 1.27. The zero-order valence-electron chi connectivity index (χ0n) is 10.7. The quantitative estimate of drug-likeness (QED) is 0.667. The van der Waals surface area contributed by atoms with E-state index in [4.69, 9.17) is 9.84 Å². The van der Waals surface area contributed by atoms with Crippen LogP contribution >= 0.6 is 0 Å². The molecule has 2 N–H and O–H groups in total. The third-order valence-electron chi connectivity index (χ3n) is 2.41. The summed E-state index contributed by atoms with van der Waals surface area (Å²) in [5.74, 6) is -0.939. The fourth-order valence-corrected chi connectivity index (χ4v) is 1.27. The standard InChI is InChI=1S/C11H22N2O4/c1-4-5-6-13(2)11(16)12-8-9(17-3)7-10(14)15/h9H,4-8H2,1-3H3,(H,12,16)(H,14,15). The summed E-state index contributed by atoms with van der Waals surface area (Å²) in [5, 5.41) is 11.2. The molecule has 2 amide bonds. The average molecular weight is 246 g/mol. The number of aliphatic carboxylic acids is 1. The molecule has 0 saturated heterocycles. The van der Waals surface area contributed by atoms with E-state index in [2.05, 4.69) is 12.2 Å². The van der Waals surface area contributed by atoms with Crippen molar-refractivity contribution >= 4 is 12.0 Å². The van der Waals surface area contributed by atoms with Gasteiger partial charge in [0.25, 0.3) is 0 Å². The molecule has 0 spiro atoms. The van der Waals surface area contributed by atoms with E-state index < -0.39 is 12.1 Å². The first kappa shape index (κ1) is 15.7. The zero-order valence-corrected chi connectivity index (χ0v) is 10.7. The number of methoxy groups -OCH3 is 1. The van der Waals surface area contributed by atoms with Gasteiger partial charge in [0.15, 0.2) is 0 Å². The smallest absolute Gasteiger partial charge is 0.317 e. The fraction of sp³-hybridized carbons (Fsp3) is 0.818. The highest BCUT2D eigenvalue weighted by atomic mass is 16.5. The van der Waals surface area contributed by atoms with Crippen LogP contribution in [-0.2, 0) is 9.53 Å². The molecule has 0 saturated carbocycles. The summed E-state index contributed by atoms with van der Waals surface area (Å²) in [6, 6.07) is -0.203. The zero-order chi connectivity index (χ0) is 13.3. The van der Waals surface area contributed by atoms with Gasteiger partial charge in [-0.25, -0.2) is 4.79 Å². The van der Waals surface area contributed by atoms with Crippen LogP contribution in [0.5, 0.6) is 0 Å². The van der Waals surface area contributed by atoms with E-state index in [-0.39, 0.29) is 19.0 Å². The van der Waals surface area contributed by atoms with Crippen molar-refractivity contribution in [3.8, 4) is 0 Å². The van der Waals surface area contributed by atoms with Gasteiger partial charge in [0.1, 0.15) is 0 Å². The number of ether oxygens (including phenoxy) is 1. The van der Waals surface area contributed by atoms with Gasteiger partial charge in [-0.2, -0.15) is 0 Å². The number of amides is 2. The third kappa shape index (κ3) is 7.57. The maximum atomic E-state index is 11.6. The van der Waals surface area contributed by atoms with Gasteiger partial charge in [-0.3, -0.25) is 4.79 Å². The maximum Gasteiger partial charge on any atom is 0.317 e. The number of carbonyl (C=O) groups is 2. The van der Waals surface area contributed by atoms with Crippen LogP contribution in [0.4, 0.5) is 4.79 Å². The van der Waals surface area contributed by atoms with Crippen LogP contribution < -0.4 is 5.32 Å². The molecule has 0 aliphatic rings. The second kappa shape index (κ2) is 8.81. The molecule has 0 aromatic carbocycles. The van der Waals surface area contributed by atoms with E-state index in [9.17, 15) is 9.59 Å². The van der Waals surface area contributed by atoms with Crippen LogP contribution in [0.25, 0.3) is 0 Å². The number of urea groups is 1. The van der Waals surface area contributed by atoms with Gasteiger partial charge in [-0.15, -0.1) is 0 Å². The summed E-state index contributed by atoms with van der Waals surface area (Å²) in [7, 11) is 3.14. The highest BCUT2D eigenvalue weighted by Crippen LogP contribution is 1.97. The molecule has 100 valence electrons. The Hall–Kier alpha value is -1.30. The molecule has 0 aromatic rings. The molecule has 0 radical (unpaired) electrons. The molecular formula is C11H22N2O4. The minimum atomic E-state index is -0.939. The number of carboxylic acids is 1. The monoisotopic (exact) mass is 246 g/mol. The lowest BCUT2D eigenvalue weighted by atomic mass is 10.2. The Morgan fingerprint density at radius 3 is 2.59 bits per heavy atom. The largest absolute Gasteiger partial charge is 0.481 e. The molecule has 0 rings (SSSR count). The number of unbranched alkanes of at least 4 members (excludes halogenated alkanes) is 1. The maximum absolute atomic E-state index is 11.6. The van der Waals surface area contributed by atoms with E-state index in [1.165, 1.54) is 7.11 Å². The molecule has 0 fully saturated rings. The van der Waals surface area contributed by atoms with Crippen molar-refractivity contribution in [1.82, 2.24) is 10.2 Å². The molecular weight excluding hydrogens is 224 g/mol. The van der Waals surface area contributed by atoms with E-state index in [0.717, 1.165) is 12.8 Å². The molecule has 0 aliphatic carbocycles. The second-order valence-electron chi connectivity index (χ2n) is 3.92. The Balaban J connectivity index is 3.90. The average Bonchev–Trinajstić information content (AvgIpc) is 2.30. The molecule has 0 heterocycles. The number of rotatable bonds is 8. The van der Waals surface area contributed by atoms with E-state index in [1.54, 1.807) is 11.9 Å². The Bertz CT molecular complexity index is 246. The van der Waals surface area contributed by atoms with Gasteiger partial charge in [0, 0.05) is 27.2 Å². The summed E-state index contributed by atoms with van der Waals surface area (Å²) in [6.45, 7) is 2.95. The predicted octanol–water partition coefficient (Wildman–Crippen LogP) is 0.918. The van der Waals surface area contributed by atoms with Crippen LogP contribution in [0, 0.1) is 0 Å². The predicted molar refractivity (Wildman–Crippen MR) is 64.0 cm³/mol. The molecule has 6 heteroatoms. The Labute approximate surface area is 102 Å². The van der Waals surface area contributed by atoms with E-state index in [0.29, 0.717) is 6.54 Å².